The minimum absolute atomic E-state index is 0.0363. The Labute approximate surface area is 126 Å². The highest BCUT2D eigenvalue weighted by molar-refractivity contribution is 5.95. The molecule has 0 spiro atoms. The lowest BCUT2D eigenvalue weighted by atomic mass is 10.1. The van der Waals surface area contributed by atoms with Crippen LogP contribution in [0.25, 0.3) is 0 Å². The Hall–Kier alpha value is -1.55. The van der Waals surface area contributed by atoms with Gasteiger partial charge >= 0.3 is 0 Å². The van der Waals surface area contributed by atoms with Crippen molar-refractivity contribution < 1.29 is 4.79 Å². The Kier molecular flexibility index (Phi) is 4.76. The molecule has 1 aromatic rings. The summed E-state index contributed by atoms with van der Waals surface area (Å²) in [6, 6.07) is 8.22. The lowest BCUT2D eigenvalue weighted by molar-refractivity contribution is -0.118. The zero-order valence-electron chi connectivity index (χ0n) is 12.6. The smallest absolute Gasteiger partial charge is 0.241 e. The highest BCUT2D eigenvalue weighted by Crippen LogP contribution is 2.22. The molecule has 114 valence electrons. The number of nitrogens with zero attached hydrogens (tertiary/aromatic N) is 1. The van der Waals surface area contributed by atoms with Crippen LogP contribution in [0.15, 0.2) is 24.3 Å². The van der Waals surface area contributed by atoms with Crippen molar-refractivity contribution >= 4 is 17.3 Å². The van der Waals surface area contributed by atoms with Gasteiger partial charge in [-0.2, -0.15) is 0 Å². The quantitative estimate of drug-likeness (QED) is 0.898. The van der Waals surface area contributed by atoms with Crippen LogP contribution in [0.5, 0.6) is 0 Å². The van der Waals surface area contributed by atoms with Crippen LogP contribution in [-0.2, 0) is 4.79 Å². The van der Waals surface area contributed by atoms with Gasteiger partial charge in [-0.25, -0.2) is 0 Å². The fourth-order valence-corrected chi connectivity index (χ4v) is 3.21. The third-order valence-electron chi connectivity index (χ3n) is 4.48. The predicted molar refractivity (Wildman–Crippen MR) is 86.8 cm³/mol. The maximum atomic E-state index is 12.3. The number of hydrogen-bond donors (Lipinski definition) is 2. The molecule has 3 rings (SSSR count). The van der Waals surface area contributed by atoms with Crippen molar-refractivity contribution in [3.05, 3.63) is 24.3 Å². The second kappa shape index (κ2) is 6.94. The van der Waals surface area contributed by atoms with Gasteiger partial charge in [0, 0.05) is 24.5 Å². The number of carbonyl (C=O) groups excluding carboxylic acids is 1. The number of anilines is 2. The molecule has 2 aliphatic heterocycles. The van der Waals surface area contributed by atoms with Gasteiger partial charge in [0.25, 0.3) is 0 Å². The van der Waals surface area contributed by atoms with Gasteiger partial charge in [0.05, 0.1) is 6.04 Å². The van der Waals surface area contributed by atoms with E-state index in [2.05, 4.69) is 27.7 Å². The summed E-state index contributed by atoms with van der Waals surface area (Å²) in [6.07, 6.45) is 7.05. The molecule has 4 nitrogen and oxygen atoms in total. The molecule has 2 saturated heterocycles. The summed E-state index contributed by atoms with van der Waals surface area (Å²) in [6.45, 7) is 3.25. The van der Waals surface area contributed by atoms with Crippen LogP contribution in [0.3, 0.4) is 0 Å². The van der Waals surface area contributed by atoms with Crippen LogP contribution in [-0.4, -0.2) is 31.6 Å². The van der Waals surface area contributed by atoms with E-state index < -0.39 is 0 Å². The molecule has 0 bridgehead atoms. The van der Waals surface area contributed by atoms with Crippen molar-refractivity contribution in [2.45, 2.75) is 44.6 Å². The average molecular weight is 287 g/mol. The van der Waals surface area contributed by atoms with Gasteiger partial charge < -0.3 is 15.5 Å². The van der Waals surface area contributed by atoms with Gasteiger partial charge in [0.15, 0.2) is 0 Å². The van der Waals surface area contributed by atoms with Gasteiger partial charge in [-0.1, -0.05) is 12.8 Å². The molecule has 0 radical (unpaired) electrons. The van der Waals surface area contributed by atoms with E-state index in [0.29, 0.717) is 0 Å². The Morgan fingerprint density at radius 1 is 1.05 bits per heavy atom. The van der Waals surface area contributed by atoms with Gasteiger partial charge in [-0.05, 0) is 56.5 Å². The molecule has 0 aromatic heterocycles. The fraction of sp³-hybridized carbons (Fsp3) is 0.588. The zero-order valence-corrected chi connectivity index (χ0v) is 12.6. The molecule has 4 heteroatoms. The van der Waals surface area contributed by atoms with Crippen LogP contribution in [0.2, 0.25) is 0 Å². The van der Waals surface area contributed by atoms with E-state index in [4.69, 9.17) is 0 Å². The van der Waals surface area contributed by atoms with Gasteiger partial charge in [-0.15, -0.1) is 0 Å². The monoisotopic (exact) mass is 287 g/mol. The van der Waals surface area contributed by atoms with Crippen LogP contribution in [0.1, 0.15) is 38.5 Å². The van der Waals surface area contributed by atoms with Crippen molar-refractivity contribution in [2.24, 2.45) is 0 Å². The first-order valence-corrected chi connectivity index (χ1v) is 8.22. The molecular formula is C17H25N3O. The van der Waals surface area contributed by atoms with Crippen LogP contribution >= 0.6 is 0 Å². The lowest BCUT2D eigenvalue weighted by Crippen LogP contribution is -2.39. The summed E-state index contributed by atoms with van der Waals surface area (Å²) in [4.78, 5) is 14.7. The molecule has 21 heavy (non-hydrogen) atoms. The molecule has 1 aromatic carbocycles. The van der Waals surface area contributed by atoms with E-state index in [1.807, 2.05) is 12.1 Å². The van der Waals surface area contributed by atoms with E-state index >= 15 is 0 Å². The standard InChI is InChI=1S/C17H25N3O/c21-17(16-6-2-1-3-11-18-16)19-14-7-9-15(10-8-14)20-12-4-5-13-20/h7-10,16,18H,1-6,11-13H2,(H,19,21). The molecule has 1 amide bonds. The van der Waals surface area contributed by atoms with Gasteiger partial charge in [-0.3, -0.25) is 4.79 Å². The largest absolute Gasteiger partial charge is 0.372 e. The first-order valence-electron chi connectivity index (χ1n) is 8.22. The molecule has 1 atom stereocenters. The van der Waals surface area contributed by atoms with E-state index in [9.17, 15) is 4.79 Å². The number of rotatable bonds is 3. The van der Waals surface area contributed by atoms with Crippen molar-refractivity contribution in [1.29, 1.82) is 0 Å². The third kappa shape index (κ3) is 3.76. The minimum atomic E-state index is -0.0363. The molecule has 0 aliphatic carbocycles. The van der Waals surface area contributed by atoms with E-state index in [1.165, 1.54) is 31.4 Å². The normalized spacial score (nSPS) is 22.9. The Morgan fingerprint density at radius 3 is 2.57 bits per heavy atom. The maximum absolute atomic E-state index is 12.3. The number of benzene rings is 1. The summed E-state index contributed by atoms with van der Waals surface area (Å²) < 4.78 is 0. The molecule has 2 aliphatic rings. The number of carbonyl (C=O) groups is 1. The van der Waals surface area contributed by atoms with E-state index in [0.717, 1.165) is 38.2 Å². The Morgan fingerprint density at radius 2 is 1.81 bits per heavy atom. The highest BCUT2D eigenvalue weighted by atomic mass is 16.2. The van der Waals surface area contributed by atoms with Crippen molar-refractivity contribution in [3.63, 3.8) is 0 Å². The van der Waals surface area contributed by atoms with Crippen LogP contribution in [0, 0.1) is 0 Å². The number of hydrogen-bond acceptors (Lipinski definition) is 3. The van der Waals surface area contributed by atoms with Crippen LogP contribution in [0.4, 0.5) is 11.4 Å². The Bertz CT molecular complexity index is 457. The fourth-order valence-electron chi connectivity index (χ4n) is 3.21. The Balaban J connectivity index is 1.57. The second-order valence-corrected chi connectivity index (χ2v) is 6.09. The predicted octanol–water partition coefficient (Wildman–Crippen LogP) is 2.76. The molecular weight excluding hydrogens is 262 g/mol. The maximum Gasteiger partial charge on any atom is 0.241 e. The van der Waals surface area contributed by atoms with Crippen molar-refractivity contribution in [1.82, 2.24) is 5.32 Å². The van der Waals surface area contributed by atoms with E-state index in [-0.39, 0.29) is 11.9 Å². The molecule has 1 unspecified atom stereocenters. The van der Waals surface area contributed by atoms with Crippen molar-refractivity contribution in [2.75, 3.05) is 29.9 Å². The van der Waals surface area contributed by atoms with Crippen LogP contribution < -0.4 is 15.5 Å². The summed E-state index contributed by atoms with van der Waals surface area (Å²) in [5, 5.41) is 6.37. The molecule has 2 N–H and O–H groups in total. The van der Waals surface area contributed by atoms with Gasteiger partial charge in [0.2, 0.25) is 5.91 Å². The molecule has 0 saturated carbocycles. The second-order valence-electron chi connectivity index (χ2n) is 6.09. The third-order valence-corrected chi connectivity index (χ3v) is 4.48. The summed E-state index contributed by atoms with van der Waals surface area (Å²) in [7, 11) is 0. The summed E-state index contributed by atoms with van der Waals surface area (Å²) in [5.74, 6) is 0.103. The van der Waals surface area contributed by atoms with Gasteiger partial charge in [0.1, 0.15) is 0 Å². The lowest BCUT2D eigenvalue weighted by Gasteiger charge is -2.19. The summed E-state index contributed by atoms with van der Waals surface area (Å²) >= 11 is 0. The minimum Gasteiger partial charge on any atom is -0.372 e. The molecule has 2 fully saturated rings. The average Bonchev–Trinajstić information content (AvgIpc) is 2.90. The highest BCUT2D eigenvalue weighted by Gasteiger charge is 2.19. The number of amides is 1. The zero-order chi connectivity index (χ0) is 14.5. The first kappa shape index (κ1) is 14.4. The first-order chi connectivity index (χ1) is 10.3. The van der Waals surface area contributed by atoms with Crippen molar-refractivity contribution in [3.8, 4) is 0 Å². The van der Waals surface area contributed by atoms with E-state index in [1.54, 1.807) is 0 Å². The summed E-state index contributed by atoms with van der Waals surface area (Å²) in [5.41, 5.74) is 2.16. The number of nitrogens with one attached hydrogen (secondary N) is 2. The SMILES string of the molecule is O=C(Nc1ccc(N2CCCC2)cc1)C1CCCCCN1. The topological polar surface area (TPSA) is 44.4 Å². The molecule has 2 heterocycles.